The Morgan fingerprint density at radius 2 is 2.24 bits per heavy atom. The van der Waals surface area contributed by atoms with E-state index in [1.165, 1.54) is 6.07 Å². The molecule has 3 rings (SSSR count). The first kappa shape index (κ1) is 16.2. The molecule has 2 saturated heterocycles. The number of nitrogens with one attached hydrogen (secondary N) is 1. The van der Waals surface area contributed by atoms with Crippen molar-refractivity contribution in [3.05, 3.63) is 35.6 Å². The van der Waals surface area contributed by atoms with Crippen LogP contribution >= 0.6 is 12.4 Å². The Labute approximate surface area is 131 Å². The summed E-state index contributed by atoms with van der Waals surface area (Å²) in [5.74, 6) is 0.573. The summed E-state index contributed by atoms with van der Waals surface area (Å²) in [5.41, 5.74) is 0.925. The van der Waals surface area contributed by atoms with Crippen LogP contribution < -0.4 is 5.32 Å². The maximum atomic E-state index is 13.4. The zero-order valence-corrected chi connectivity index (χ0v) is 13.0. The van der Waals surface area contributed by atoms with Gasteiger partial charge < -0.3 is 10.2 Å². The minimum atomic E-state index is -0.225. The van der Waals surface area contributed by atoms with Crippen LogP contribution in [-0.4, -0.2) is 30.4 Å². The van der Waals surface area contributed by atoms with Crippen molar-refractivity contribution >= 4 is 18.3 Å². The molecule has 0 bridgehead atoms. The molecule has 3 unspecified atom stereocenters. The fraction of sp³-hybridized carbons (Fsp3) is 0.562. The van der Waals surface area contributed by atoms with Gasteiger partial charge in [-0.25, -0.2) is 4.39 Å². The SMILES string of the molecule is CC1CC(c2cccc(F)c2)N(C(=O)C2CCNC2)C1.Cl. The third-order valence-electron chi connectivity index (χ3n) is 4.44. The number of hydrogen-bond donors (Lipinski definition) is 1. The highest BCUT2D eigenvalue weighted by molar-refractivity contribution is 5.85. The molecule has 0 saturated carbocycles. The highest BCUT2D eigenvalue weighted by atomic mass is 35.5. The lowest BCUT2D eigenvalue weighted by Gasteiger charge is -2.27. The van der Waals surface area contributed by atoms with Gasteiger partial charge in [0.15, 0.2) is 0 Å². The topological polar surface area (TPSA) is 32.3 Å². The summed E-state index contributed by atoms with van der Waals surface area (Å²) in [6.45, 7) is 4.65. The molecule has 1 aromatic rings. The van der Waals surface area contributed by atoms with E-state index in [4.69, 9.17) is 0 Å². The van der Waals surface area contributed by atoms with Crippen LogP contribution in [0.1, 0.15) is 31.4 Å². The van der Waals surface area contributed by atoms with Crippen molar-refractivity contribution in [2.24, 2.45) is 11.8 Å². The Morgan fingerprint density at radius 3 is 2.90 bits per heavy atom. The first-order chi connectivity index (χ1) is 9.65. The quantitative estimate of drug-likeness (QED) is 0.911. The van der Waals surface area contributed by atoms with E-state index in [0.29, 0.717) is 5.92 Å². The number of nitrogens with zero attached hydrogens (tertiary/aromatic N) is 1. The van der Waals surface area contributed by atoms with Gasteiger partial charge in [0.1, 0.15) is 5.82 Å². The Kier molecular flexibility index (Phi) is 5.22. The lowest BCUT2D eigenvalue weighted by Crippen LogP contribution is -2.37. The van der Waals surface area contributed by atoms with E-state index in [1.807, 2.05) is 11.0 Å². The standard InChI is InChI=1S/C16H21FN2O.ClH/c1-11-7-15(12-3-2-4-14(17)8-12)19(10-11)16(20)13-5-6-18-9-13;/h2-4,8,11,13,15,18H,5-7,9-10H2,1H3;1H. The number of benzene rings is 1. The molecule has 1 amide bonds. The van der Waals surface area contributed by atoms with Crippen LogP contribution in [0.15, 0.2) is 24.3 Å². The molecule has 2 heterocycles. The molecule has 0 spiro atoms. The first-order valence-corrected chi connectivity index (χ1v) is 7.42. The van der Waals surface area contributed by atoms with E-state index in [2.05, 4.69) is 12.2 Å². The number of carbonyl (C=O) groups excluding carboxylic acids is 1. The molecule has 5 heteroatoms. The molecule has 21 heavy (non-hydrogen) atoms. The first-order valence-electron chi connectivity index (χ1n) is 7.42. The normalized spacial score (nSPS) is 28.5. The van der Waals surface area contributed by atoms with Crippen molar-refractivity contribution in [1.82, 2.24) is 10.2 Å². The highest BCUT2D eigenvalue weighted by Gasteiger charge is 2.37. The van der Waals surface area contributed by atoms with E-state index in [9.17, 15) is 9.18 Å². The molecule has 1 aromatic carbocycles. The average Bonchev–Trinajstić information content (AvgIpc) is 3.07. The van der Waals surface area contributed by atoms with Crippen LogP contribution in [0.3, 0.4) is 0 Å². The van der Waals surface area contributed by atoms with Crippen molar-refractivity contribution in [3.63, 3.8) is 0 Å². The van der Waals surface area contributed by atoms with Gasteiger partial charge in [-0.15, -0.1) is 12.4 Å². The number of halogens is 2. The Hall–Kier alpha value is -1.13. The maximum absolute atomic E-state index is 13.4. The fourth-order valence-electron chi connectivity index (χ4n) is 3.42. The van der Waals surface area contributed by atoms with Crippen molar-refractivity contribution in [1.29, 1.82) is 0 Å². The van der Waals surface area contributed by atoms with Crippen molar-refractivity contribution < 1.29 is 9.18 Å². The monoisotopic (exact) mass is 312 g/mol. The minimum Gasteiger partial charge on any atom is -0.335 e. The largest absolute Gasteiger partial charge is 0.335 e. The summed E-state index contributed by atoms with van der Waals surface area (Å²) < 4.78 is 13.4. The molecule has 3 nitrogen and oxygen atoms in total. The minimum absolute atomic E-state index is 0. The molecule has 2 aliphatic rings. The second-order valence-electron chi connectivity index (χ2n) is 6.09. The molecule has 0 radical (unpaired) electrons. The fourth-order valence-corrected chi connectivity index (χ4v) is 3.42. The summed E-state index contributed by atoms with van der Waals surface area (Å²) in [5, 5.41) is 3.24. The molecular weight excluding hydrogens is 291 g/mol. The Morgan fingerprint density at radius 1 is 1.43 bits per heavy atom. The summed E-state index contributed by atoms with van der Waals surface area (Å²) in [6.07, 6.45) is 1.84. The Balaban J connectivity index is 0.00000161. The molecule has 0 aliphatic carbocycles. The zero-order valence-electron chi connectivity index (χ0n) is 12.2. The van der Waals surface area contributed by atoms with Gasteiger partial charge in [-0.3, -0.25) is 4.79 Å². The van der Waals surface area contributed by atoms with Crippen LogP contribution in [0.2, 0.25) is 0 Å². The van der Waals surface area contributed by atoms with Crippen LogP contribution in [0, 0.1) is 17.7 Å². The smallest absolute Gasteiger partial charge is 0.227 e. The molecule has 3 atom stereocenters. The zero-order chi connectivity index (χ0) is 14.1. The van der Waals surface area contributed by atoms with Gasteiger partial charge in [-0.2, -0.15) is 0 Å². The van der Waals surface area contributed by atoms with Gasteiger partial charge >= 0.3 is 0 Å². The van der Waals surface area contributed by atoms with Crippen molar-refractivity contribution in [2.45, 2.75) is 25.8 Å². The van der Waals surface area contributed by atoms with Gasteiger partial charge in [0, 0.05) is 13.1 Å². The predicted octanol–water partition coefficient (Wildman–Crippen LogP) is 2.77. The number of rotatable bonds is 2. The number of hydrogen-bond acceptors (Lipinski definition) is 2. The van der Waals surface area contributed by atoms with Gasteiger partial charge in [-0.1, -0.05) is 19.1 Å². The molecule has 1 N–H and O–H groups in total. The Bertz CT molecular complexity index is 505. The molecule has 116 valence electrons. The molecule has 2 fully saturated rings. The van der Waals surface area contributed by atoms with Crippen molar-refractivity contribution in [3.8, 4) is 0 Å². The van der Waals surface area contributed by atoms with Gasteiger partial charge in [0.05, 0.1) is 12.0 Å². The third kappa shape index (κ3) is 3.38. The van der Waals surface area contributed by atoms with E-state index in [1.54, 1.807) is 12.1 Å². The van der Waals surface area contributed by atoms with Crippen LogP contribution in [0.5, 0.6) is 0 Å². The summed E-state index contributed by atoms with van der Waals surface area (Å²) in [7, 11) is 0. The van der Waals surface area contributed by atoms with Crippen molar-refractivity contribution in [2.75, 3.05) is 19.6 Å². The van der Waals surface area contributed by atoms with E-state index < -0.39 is 0 Å². The molecule has 2 aliphatic heterocycles. The third-order valence-corrected chi connectivity index (χ3v) is 4.44. The number of likely N-dealkylation sites (tertiary alicyclic amines) is 1. The van der Waals surface area contributed by atoms with Crippen LogP contribution in [0.4, 0.5) is 4.39 Å². The van der Waals surface area contributed by atoms with Crippen LogP contribution in [0.25, 0.3) is 0 Å². The van der Waals surface area contributed by atoms with Crippen LogP contribution in [-0.2, 0) is 4.79 Å². The van der Waals surface area contributed by atoms with Gasteiger partial charge in [-0.05, 0) is 43.0 Å². The highest BCUT2D eigenvalue weighted by Crippen LogP contribution is 2.36. The van der Waals surface area contributed by atoms with E-state index >= 15 is 0 Å². The number of carbonyl (C=O) groups is 1. The second-order valence-corrected chi connectivity index (χ2v) is 6.09. The number of amides is 1. The summed E-state index contributed by atoms with van der Waals surface area (Å²) in [6, 6.07) is 6.71. The van der Waals surface area contributed by atoms with E-state index in [0.717, 1.165) is 38.0 Å². The maximum Gasteiger partial charge on any atom is 0.227 e. The lowest BCUT2D eigenvalue weighted by molar-refractivity contribution is -0.136. The molecular formula is C16H22ClFN2O. The summed E-state index contributed by atoms with van der Waals surface area (Å²) >= 11 is 0. The molecule has 0 aromatic heterocycles. The second kappa shape index (κ2) is 6.75. The van der Waals surface area contributed by atoms with E-state index in [-0.39, 0.29) is 36.1 Å². The van der Waals surface area contributed by atoms with Gasteiger partial charge in [0.2, 0.25) is 5.91 Å². The predicted molar refractivity (Wildman–Crippen MR) is 82.9 cm³/mol. The summed E-state index contributed by atoms with van der Waals surface area (Å²) in [4.78, 5) is 14.6. The van der Waals surface area contributed by atoms with Gasteiger partial charge in [0.25, 0.3) is 0 Å². The average molecular weight is 313 g/mol. The lowest BCUT2D eigenvalue weighted by atomic mass is 10.00.